The highest BCUT2D eigenvalue weighted by Crippen LogP contribution is 2.33. The monoisotopic (exact) mass is 408 g/mol. The van der Waals surface area contributed by atoms with Crippen molar-refractivity contribution in [2.24, 2.45) is 0 Å². The molecule has 0 aliphatic rings. The van der Waals surface area contributed by atoms with Crippen LogP contribution in [-0.2, 0) is 0 Å². The van der Waals surface area contributed by atoms with Crippen molar-refractivity contribution in [1.82, 2.24) is 25.4 Å². The van der Waals surface area contributed by atoms with Crippen LogP contribution in [0.25, 0.3) is 10.2 Å². The van der Waals surface area contributed by atoms with E-state index < -0.39 is 16.5 Å². The van der Waals surface area contributed by atoms with E-state index in [2.05, 4.69) is 36.1 Å². The minimum Gasteiger partial charge on any atom is -0.310 e. The molecule has 0 saturated heterocycles. The smallest absolute Gasteiger partial charge is 0.310 e. The Morgan fingerprint density at radius 3 is 2.59 bits per heavy atom. The van der Waals surface area contributed by atoms with Gasteiger partial charge in [0.1, 0.15) is 12.0 Å². The molecule has 1 amide bonds. The summed E-state index contributed by atoms with van der Waals surface area (Å²) in [6, 6.07) is 12.3. The third-order valence-corrected chi connectivity index (χ3v) is 4.67. The number of para-hydroxylation sites is 1. The number of benzene rings is 1. The molecule has 0 aliphatic carbocycles. The van der Waals surface area contributed by atoms with Gasteiger partial charge < -0.3 is 5.32 Å². The molecule has 0 fully saturated rings. The van der Waals surface area contributed by atoms with E-state index in [1.165, 1.54) is 23.6 Å². The first-order valence-electron chi connectivity index (χ1n) is 8.21. The molecule has 0 spiro atoms. The van der Waals surface area contributed by atoms with Crippen molar-refractivity contribution in [2.45, 2.75) is 0 Å². The highest BCUT2D eigenvalue weighted by atomic mass is 32.1. The highest BCUT2D eigenvalue weighted by molar-refractivity contribution is 7.22. The van der Waals surface area contributed by atoms with E-state index >= 15 is 0 Å². The maximum Gasteiger partial charge on any atom is 0.355 e. The van der Waals surface area contributed by atoms with Gasteiger partial charge in [0.2, 0.25) is 11.6 Å². The van der Waals surface area contributed by atoms with Gasteiger partial charge in [-0.1, -0.05) is 29.5 Å². The quantitative estimate of drug-likeness (QED) is 0.323. The van der Waals surface area contributed by atoms with E-state index in [4.69, 9.17) is 0 Å². The Hall–Kier alpha value is -4.19. The van der Waals surface area contributed by atoms with E-state index in [1.54, 1.807) is 12.1 Å². The summed E-state index contributed by atoms with van der Waals surface area (Å²) in [5, 5.41) is 14.9. The van der Waals surface area contributed by atoms with Crippen molar-refractivity contribution in [2.75, 3.05) is 10.7 Å². The van der Waals surface area contributed by atoms with Crippen LogP contribution >= 0.6 is 11.3 Å². The number of nitro groups is 1. The van der Waals surface area contributed by atoms with Crippen molar-refractivity contribution in [3.8, 4) is 0 Å². The Balaban J connectivity index is 1.58. The van der Waals surface area contributed by atoms with E-state index in [-0.39, 0.29) is 17.3 Å². The summed E-state index contributed by atoms with van der Waals surface area (Å²) in [5.41, 5.74) is 5.26. The molecule has 3 N–H and O–H groups in total. The second kappa shape index (κ2) is 7.82. The minimum atomic E-state index is -0.648. The Bertz CT molecular complexity index is 1160. The molecule has 1 aromatic carbocycles. The van der Waals surface area contributed by atoms with Crippen LogP contribution in [0.3, 0.4) is 0 Å². The summed E-state index contributed by atoms with van der Waals surface area (Å²) in [5.74, 6) is -0.810. The standard InChI is InChI=1S/C17H12N8O3S/c26-16(11-6-3-4-8-18-11)24-23-15-13(25(27)28)14(19-9-20-15)22-17-21-10-5-1-2-7-12(10)29-17/h1-9H,(H,24,26)(H2,19,20,21,22,23). The van der Waals surface area contributed by atoms with E-state index in [0.717, 1.165) is 16.5 Å². The SMILES string of the molecule is O=C(NNc1ncnc(Nc2nc3ccccc3s2)c1[N+](=O)[O-])c1ccccn1. The normalized spacial score (nSPS) is 10.5. The van der Waals surface area contributed by atoms with Crippen molar-refractivity contribution < 1.29 is 9.72 Å². The van der Waals surface area contributed by atoms with Crippen LogP contribution in [0, 0.1) is 10.1 Å². The van der Waals surface area contributed by atoms with Crippen molar-refractivity contribution in [3.63, 3.8) is 0 Å². The third kappa shape index (κ3) is 3.91. The molecule has 0 unspecified atom stereocenters. The van der Waals surface area contributed by atoms with Gasteiger partial charge in [0.25, 0.3) is 5.91 Å². The molecule has 144 valence electrons. The van der Waals surface area contributed by atoms with E-state index in [9.17, 15) is 14.9 Å². The van der Waals surface area contributed by atoms with Crippen molar-refractivity contribution in [1.29, 1.82) is 0 Å². The third-order valence-electron chi connectivity index (χ3n) is 3.72. The second-order valence-corrected chi connectivity index (χ2v) is 6.61. The number of hydrazine groups is 1. The first-order chi connectivity index (χ1) is 14.1. The predicted octanol–water partition coefficient (Wildman–Crippen LogP) is 2.89. The molecule has 4 aromatic rings. The lowest BCUT2D eigenvalue weighted by Gasteiger charge is -2.09. The van der Waals surface area contributed by atoms with Gasteiger partial charge in [-0.3, -0.25) is 30.7 Å². The zero-order valence-electron chi connectivity index (χ0n) is 14.6. The predicted molar refractivity (Wildman–Crippen MR) is 107 cm³/mol. The number of aromatic nitrogens is 4. The van der Waals surface area contributed by atoms with Gasteiger partial charge >= 0.3 is 5.69 Å². The Labute approximate surface area is 167 Å². The molecule has 12 heteroatoms. The van der Waals surface area contributed by atoms with Crippen molar-refractivity contribution in [3.05, 3.63) is 70.8 Å². The molecule has 4 rings (SSSR count). The molecule has 0 saturated carbocycles. The molecule has 0 bridgehead atoms. The topological polar surface area (TPSA) is 148 Å². The molecular formula is C17H12N8O3S. The number of carbonyl (C=O) groups excluding carboxylic acids is 1. The zero-order chi connectivity index (χ0) is 20.2. The summed E-state index contributed by atoms with van der Waals surface area (Å²) < 4.78 is 0.924. The maximum absolute atomic E-state index is 12.1. The number of nitrogens with zero attached hydrogens (tertiary/aromatic N) is 5. The number of rotatable bonds is 6. The number of amides is 1. The van der Waals surface area contributed by atoms with Gasteiger partial charge in [0.15, 0.2) is 5.13 Å². The molecule has 3 heterocycles. The summed E-state index contributed by atoms with van der Waals surface area (Å²) in [7, 11) is 0. The molecule has 0 aliphatic heterocycles. The van der Waals surface area contributed by atoms with Crippen LogP contribution in [0.2, 0.25) is 0 Å². The van der Waals surface area contributed by atoms with Crippen LogP contribution < -0.4 is 16.2 Å². The molecule has 0 radical (unpaired) electrons. The highest BCUT2D eigenvalue weighted by Gasteiger charge is 2.24. The van der Waals surface area contributed by atoms with Gasteiger partial charge in [-0.05, 0) is 24.3 Å². The maximum atomic E-state index is 12.1. The lowest BCUT2D eigenvalue weighted by atomic mass is 10.3. The molecule has 11 nitrogen and oxygen atoms in total. The van der Waals surface area contributed by atoms with Gasteiger partial charge in [0, 0.05) is 6.20 Å². The molecular weight excluding hydrogens is 396 g/mol. The van der Waals surface area contributed by atoms with Gasteiger partial charge in [0.05, 0.1) is 15.1 Å². The first-order valence-corrected chi connectivity index (χ1v) is 9.03. The Kier molecular flexibility index (Phi) is 4.90. The average molecular weight is 408 g/mol. The van der Waals surface area contributed by atoms with Crippen LogP contribution in [-0.4, -0.2) is 30.8 Å². The van der Waals surface area contributed by atoms with Crippen molar-refractivity contribution >= 4 is 49.9 Å². The Morgan fingerprint density at radius 2 is 1.83 bits per heavy atom. The lowest BCUT2D eigenvalue weighted by molar-refractivity contribution is -0.383. The largest absolute Gasteiger partial charge is 0.355 e. The number of nitrogens with one attached hydrogen (secondary N) is 3. The fourth-order valence-corrected chi connectivity index (χ4v) is 3.30. The van der Waals surface area contributed by atoms with Crippen LogP contribution in [0.15, 0.2) is 55.0 Å². The Morgan fingerprint density at radius 1 is 1.03 bits per heavy atom. The van der Waals surface area contributed by atoms with Gasteiger partial charge in [-0.25, -0.2) is 15.0 Å². The number of pyridine rings is 1. The van der Waals surface area contributed by atoms with E-state index in [1.807, 2.05) is 24.3 Å². The van der Waals surface area contributed by atoms with Crippen LogP contribution in [0.5, 0.6) is 0 Å². The van der Waals surface area contributed by atoms with Crippen LogP contribution in [0.4, 0.5) is 22.5 Å². The fraction of sp³-hybridized carbons (Fsp3) is 0. The summed E-state index contributed by atoms with van der Waals surface area (Å²) >= 11 is 1.33. The number of thiazole rings is 1. The summed E-state index contributed by atoms with van der Waals surface area (Å²) in [4.78, 5) is 39.2. The number of hydrogen-bond donors (Lipinski definition) is 3. The molecule has 29 heavy (non-hydrogen) atoms. The first kappa shape index (κ1) is 18.2. The molecule has 0 atom stereocenters. The van der Waals surface area contributed by atoms with Gasteiger partial charge in [-0.2, -0.15) is 0 Å². The van der Waals surface area contributed by atoms with Gasteiger partial charge in [-0.15, -0.1) is 0 Å². The zero-order valence-corrected chi connectivity index (χ0v) is 15.4. The minimum absolute atomic E-state index is 0.0568. The fourth-order valence-electron chi connectivity index (χ4n) is 2.44. The number of carbonyl (C=O) groups is 1. The lowest BCUT2D eigenvalue weighted by Crippen LogP contribution is -2.31. The second-order valence-electron chi connectivity index (χ2n) is 5.58. The number of hydrogen-bond acceptors (Lipinski definition) is 10. The van der Waals surface area contributed by atoms with E-state index in [0.29, 0.717) is 5.13 Å². The van der Waals surface area contributed by atoms with Crippen LogP contribution in [0.1, 0.15) is 10.5 Å². The summed E-state index contributed by atoms with van der Waals surface area (Å²) in [6.07, 6.45) is 2.60. The average Bonchev–Trinajstić information content (AvgIpc) is 3.14. The number of fused-ring (bicyclic) bond motifs is 1. The molecule has 3 aromatic heterocycles. The summed E-state index contributed by atoms with van der Waals surface area (Å²) in [6.45, 7) is 0. The number of anilines is 3.